The molecule has 0 saturated heterocycles. The molecule has 0 atom stereocenters. The molecule has 0 fully saturated rings. The van der Waals surface area contributed by atoms with Gasteiger partial charge in [0.1, 0.15) is 0 Å². The van der Waals surface area contributed by atoms with Gasteiger partial charge in [0.15, 0.2) is 5.78 Å². The summed E-state index contributed by atoms with van der Waals surface area (Å²) in [5.41, 5.74) is 3.92. The largest absolute Gasteiger partial charge is 0.289 e. The summed E-state index contributed by atoms with van der Waals surface area (Å²) in [4.78, 5) is 12.2. The van der Waals surface area contributed by atoms with Crippen molar-refractivity contribution in [3.63, 3.8) is 0 Å². The Kier molecular flexibility index (Phi) is 4.91. The van der Waals surface area contributed by atoms with Gasteiger partial charge in [-0.1, -0.05) is 66.2 Å². The van der Waals surface area contributed by atoms with E-state index in [9.17, 15) is 4.79 Å². The van der Waals surface area contributed by atoms with E-state index in [1.165, 1.54) is 0 Å². The third-order valence-corrected chi connectivity index (χ3v) is 3.67. The minimum atomic E-state index is 0.161. The maximum Gasteiger partial charge on any atom is 0.189 e. The molecule has 102 valence electrons. The molecule has 2 aromatic carbocycles. The Bertz CT molecular complexity index is 639. The van der Waals surface area contributed by atoms with Gasteiger partial charge in [0, 0.05) is 22.0 Å². The Hall–Kier alpha value is -1.67. The zero-order valence-electron chi connectivity index (χ0n) is 11.7. The van der Waals surface area contributed by atoms with Crippen LogP contribution < -0.4 is 0 Å². The lowest BCUT2D eigenvalue weighted by molar-refractivity contribution is 0.104. The SMILES string of the molecule is CC.O=C1/C(=C/c2ccc(Br)cc2)Cc2ccccc21. The first-order valence-corrected chi connectivity index (χ1v) is 7.62. The van der Waals surface area contributed by atoms with Crippen molar-refractivity contribution in [3.05, 3.63) is 75.3 Å². The molecule has 0 amide bonds. The van der Waals surface area contributed by atoms with E-state index in [1.807, 2.05) is 68.5 Å². The molecule has 0 unspecified atom stereocenters. The van der Waals surface area contributed by atoms with Gasteiger partial charge in [-0.3, -0.25) is 4.79 Å². The Morgan fingerprint density at radius 3 is 2.30 bits per heavy atom. The molecule has 3 rings (SSSR count). The van der Waals surface area contributed by atoms with Crippen molar-refractivity contribution in [1.29, 1.82) is 0 Å². The third kappa shape index (κ3) is 3.07. The van der Waals surface area contributed by atoms with Crippen LogP contribution in [-0.2, 0) is 6.42 Å². The smallest absolute Gasteiger partial charge is 0.189 e. The van der Waals surface area contributed by atoms with Crippen LogP contribution >= 0.6 is 15.9 Å². The van der Waals surface area contributed by atoms with E-state index in [2.05, 4.69) is 15.9 Å². The molecule has 1 nitrogen and oxygen atoms in total. The van der Waals surface area contributed by atoms with E-state index in [4.69, 9.17) is 0 Å². The van der Waals surface area contributed by atoms with Crippen molar-refractivity contribution in [3.8, 4) is 0 Å². The number of fused-ring (bicyclic) bond motifs is 1. The van der Waals surface area contributed by atoms with Crippen LogP contribution in [0.2, 0.25) is 0 Å². The monoisotopic (exact) mass is 328 g/mol. The molecular formula is C18H17BrO. The minimum absolute atomic E-state index is 0.161. The van der Waals surface area contributed by atoms with E-state index in [-0.39, 0.29) is 5.78 Å². The molecule has 0 heterocycles. The molecule has 0 saturated carbocycles. The van der Waals surface area contributed by atoms with Gasteiger partial charge in [0.25, 0.3) is 0 Å². The van der Waals surface area contributed by atoms with Gasteiger partial charge in [0.05, 0.1) is 0 Å². The molecule has 0 aromatic heterocycles. The van der Waals surface area contributed by atoms with Crippen molar-refractivity contribution in [2.24, 2.45) is 0 Å². The van der Waals surface area contributed by atoms with Gasteiger partial charge in [-0.2, -0.15) is 0 Å². The maximum absolute atomic E-state index is 12.2. The molecule has 0 spiro atoms. The second-order valence-corrected chi connectivity index (χ2v) is 5.30. The Labute approximate surface area is 128 Å². The van der Waals surface area contributed by atoms with Gasteiger partial charge in [-0.15, -0.1) is 0 Å². The van der Waals surface area contributed by atoms with Crippen LogP contribution in [0.3, 0.4) is 0 Å². The molecule has 0 radical (unpaired) electrons. The number of rotatable bonds is 1. The summed E-state index contributed by atoms with van der Waals surface area (Å²) in [6, 6.07) is 15.8. The summed E-state index contributed by atoms with van der Waals surface area (Å²) in [5, 5.41) is 0. The number of benzene rings is 2. The van der Waals surface area contributed by atoms with E-state index in [0.717, 1.165) is 33.2 Å². The Balaban J connectivity index is 0.000000704. The number of halogens is 1. The normalized spacial score (nSPS) is 14.8. The predicted molar refractivity (Wildman–Crippen MR) is 87.9 cm³/mol. The van der Waals surface area contributed by atoms with Crippen molar-refractivity contribution < 1.29 is 4.79 Å². The fourth-order valence-corrected chi connectivity index (χ4v) is 2.50. The first kappa shape index (κ1) is 14.7. The molecule has 1 aliphatic rings. The van der Waals surface area contributed by atoms with Gasteiger partial charge < -0.3 is 0 Å². The molecule has 20 heavy (non-hydrogen) atoms. The zero-order valence-corrected chi connectivity index (χ0v) is 13.3. The Morgan fingerprint density at radius 2 is 1.65 bits per heavy atom. The number of allylic oxidation sites excluding steroid dienone is 1. The summed E-state index contributed by atoms with van der Waals surface area (Å²) in [6.07, 6.45) is 2.72. The highest BCUT2D eigenvalue weighted by Crippen LogP contribution is 2.27. The molecule has 0 N–H and O–H groups in total. The second-order valence-electron chi connectivity index (χ2n) is 4.38. The lowest BCUT2D eigenvalue weighted by atomic mass is 10.1. The molecule has 0 aliphatic heterocycles. The second kappa shape index (κ2) is 6.67. The molecule has 2 heteroatoms. The van der Waals surface area contributed by atoms with Crippen LogP contribution in [0.5, 0.6) is 0 Å². The topological polar surface area (TPSA) is 17.1 Å². The van der Waals surface area contributed by atoms with E-state index in [0.29, 0.717) is 0 Å². The van der Waals surface area contributed by atoms with Gasteiger partial charge in [-0.25, -0.2) is 0 Å². The quantitative estimate of drug-likeness (QED) is 0.649. The van der Waals surface area contributed by atoms with E-state index >= 15 is 0 Å². The fraction of sp³-hybridized carbons (Fsp3) is 0.167. The van der Waals surface area contributed by atoms with Crippen LogP contribution in [-0.4, -0.2) is 5.78 Å². The lowest BCUT2D eigenvalue weighted by Crippen LogP contribution is -1.94. The van der Waals surface area contributed by atoms with Crippen molar-refractivity contribution in [1.82, 2.24) is 0 Å². The van der Waals surface area contributed by atoms with Gasteiger partial charge >= 0.3 is 0 Å². The average Bonchev–Trinajstić information content (AvgIpc) is 2.81. The predicted octanol–water partition coefficient (Wildman–Crippen LogP) is 5.30. The highest BCUT2D eigenvalue weighted by atomic mass is 79.9. The van der Waals surface area contributed by atoms with Crippen LogP contribution in [0.4, 0.5) is 0 Å². The fourth-order valence-electron chi connectivity index (χ4n) is 2.23. The molecule has 1 aliphatic carbocycles. The Morgan fingerprint density at radius 1 is 1.00 bits per heavy atom. The average molecular weight is 329 g/mol. The molecule has 2 aromatic rings. The molecule has 0 bridgehead atoms. The van der Waals surface area contributed by atoms with Gasteiger partial charge in [0.2, 0.25) is 0 Å². The van der Waals surface area contributed by atoms with Gasteiger partial charge in [-0.05, 0) is 29.3 Å². The van der Waals surface area contributed by atoms with Crippen LogP contribution in [0.15, 0.2) is 58.6 Å². The standard InChI is InChI=1S/C16H11BrO.C2H6/c17-14-7-5-11(6-8-14)9-13-10-12-3-1-2-4-15(12)16(13)18;1-2/h1-9H,10H2;1-2H3/b13-9+;. The summed E-state index contributed by atoms with van der Waals surface area (Å²) < 4.78 is 1.05. The number of hydrogen-bond acceptors (Lipinski definition) is 1. The maximum atomic E-state index is 12.2. The first-order chi connectivity index (χ1) is 9.74. The zero-order chi connectivity index (χ0) is 14.5. The summed E-state index contributed by atoms with van der Waals surface area (Å²) >= 11 is 3.41. The highest BCUT2D eigenvalue weighted by Gasteiger charge is 2.23. The highest BCUT2D eigenvalue weighted by molar-refractivity contribution is 9.10. The number of carbonyl (C=O) groups excluding carboxylic acids is 1. The number of ketones is 1. The van der Waals surface area contributed by atoms with E-state index in [1.54, 1.807) is 0 Å². The number of carbonyl (C=O) groups is 1. The van der Waals surface area contributed by atoms with Crippen molar-refractivity contribution in [2.45, 2.75) is 20.3 Å². The molecular weight excluding hydrogens is 312 g/mol. The summed E-state index contributed by atoms with van der Waals surface area (Å²) in [7, 11) is 0. The summed E-state index contributed by atoms with van der Waals surface area (Å²) in [6.45, 7) is 4.00. The van der Waals surface area contributed by atoms with Crippen molar-refractivity contribution >= 4 is 27.8 Å². The first-order valence-electron chi connectivity index (χ1n) is 6.83. The third-order valence-electron chi connectivity index (χ3n) is 3.15. The lowest BCUT2D eigenvalue weighted by Gasteiger charge is -1.97. The van der Waals surface area contributed by atoms with Crippen LogP contribution in [0, 0.1) is 0 Å². The number of Topliss-reactive ketones (excluding diaryl/α,β-unsaturated/α-hetero) is 1. The number of hydrogen-bond donors (Lipinski definition) is 0. The van der Waals surface area contributed by atoms with Crippen molar-refractivity contribution in [2.75, 3.05) is 0 Å². The van der Waals surface area contributed by atoms with Crippen LogP contribution in [0.1, 0.15) is 35.3 Å². The summed E-state index contributed by atoms with van der Waals surface area (Å²) in [5.74, 6) is 0.161. The van der Waals surface area contributed by atoms with Crippen LogP contribution in [0.25, 0.3) is 6.08 Å². The minimum Gasteiger partial charge on any atom is -0.289 e. The van der Waals surface area contributed by atoms with E-state index < -0.39 is 0 Å².